The van der Waals surface area contributed by atoms with Crippen molar-refractivity contribution in [3.63, 3.8) is 0 Å². The highest BCUT2D eigenvalue weighted by Gasteiger charge is 2.26. The summed E-state index contributed by atoms with van der Waals surface area (Å²) in [6.07, 6.45) is 3.70. The highest BCUT2D eigenvalue weighted by molar-refractivity contribution is 9.10. The summed E-state index contributed by atoms with van der Waals surface area (Å²) in [5.74, 6) is 0.719. The maximum Gasteiger partial charge on any atom is 0.262 e. The Balaban J connectivity index is 2.01. The number of pyridine rings is 1. The number of anilines is 2. The Morgan fingerprint density at radius 3 is 2.91 bits per heavy atom. The van der Waals surface area contributed by atoms with Crippen molar-refractivity contribution in [3.8, 4) is 0 Å². The summed E-state index contributed by atoms with van der Waals surface area (Å²) in [5, 5.41) is 0. The molecule has 2 heterocycles. The lowest BCUT2D eigenvalue weighted by molar-refractivity contribution is 0.0985. The van der Waals surface area contributed by atoms with Crippen molar-refractivity contribution in [2.24, 2.45) is 0 Å². The molecule has 1 aromatic heterocycles. The first-order valence-corrected chi connectivity index (χ1v) is 8.10. The molecule has 22 heavy (non-hydrogen) atoms. The Morgan fingerprint density at radius 2 is 2.14 bits per heavy atom. The summed E-state index contributed by atoms with van der Waals surface area (Å²) in [6, 6.07) is 9.76. The molecule has 1 aromatic carbocycles. The van der Waals surface area contributed by atoms with E-state index in [0.29, 0.717) is 11.4 Å². The van der Waals surface area contributed by atoms with Crippen molar-refractivity contribution in [1.29, 1.82) is 0 Å². The second-order valence-corrected chi connectivity index (χ2v) is 6.52. The zero-order valence-electron chi connectivity index (χ0n) is 12.7. The molecule has 1 aliphatic rings. The number of fused-ring (bicyclic) bond motifs is 1. The molecule has 3 rings (SSSR count). The lowest BCUT2D eigenvalue weighted by atomic mass is 10.0. The summed E-state index contributed by atoms with van der Waals surface area (Å²) in [7, 11) is 3.81. The van der Waals surface area contributed by atoms with E-state index < -0.39 is 0 Å². The minimum absolute atomic E-state index is 0.0140. The molecule has 0 unspecified atom stereocenters. The third-order valence-electron chi connectivity index (χ3n) is 3.85. The molecule has 114 valence electrons. The van der Waals surface area contributed by atoms with Gasteiger partial charge < -0.3 is 9.80 Å². The summed E-state index contributed by atoms with van der Waals surface area (Å²) in [5.41, 5.74) is 2.86. The third-order valence-corrected chi connectivity index (χ3v) is 4.34. The lowest BCUT2D eigenvalue weighted by Gasteiger charge is -2.30. The van der Waals surface area contributed by atoms with Crippen LogP contribution in [0.25, 0.3) is 0 Å². The van der Waals surface area contributed by atoms with Crippen molar-refractivity contribution in [2.75, 3.05) is 30.4 Å². The quantitative estimate of drug-likeness (QED) is 0.823. The first-order chi connectivity index (χ1) is 10.6. The molecule has 1 amide bonds. The number of amides is 1. The number of rotatable bonds is 2. The molecule has 4 nitrogen and oxygen atoms in total. The van der Waals surface area contributed by atoms with Crippen molar-refractivity contribution in [2.45, 2.75) is 12.8 Å². The summed E-state index contributed by atoms with van der Waals surface area (Å²) in [4.78, 5) is 21.1. The zero-order chi connectivity index (χ0) is 15.7. The molecule has 0 saturated heterocycles. The van der Waals surface area contributed by atoms with Gasteiger partial charge in [-0.2, -0.15) is 0 Å². The van der Waals surface area contributed by atoms with Gasteiger partial charge in [0, 0.05) is 37.0 Å². The van der Waals surface area contributed by atoms with E-state index in [1.807, 2.05) is 48.2 Å². The van der Waals surface area contributed by atoms with Gasteiger partial charge in [-0.15, -0.1) is 0 Å². The number of benzene rings is 1. The number of aryl methyl sites for hydroxylation is 1. The van der Waals surface area contributed by atoms with Crippen LogP contribution >= 0.6 is 15.9 Å². The fourth-order valence-corrected chi connectivity index (χ4v) is 3.25. The van der Waals surface area contributed by atoms with E-state index in [0.717, 1.165) is 29.5 Å². The number of hydrogen-bond acceptors (Lipinski definition) is 3. The Hall–Kier alpha value is -1.88. The highest BCUT2D eigenvalue weighted by Crippen LogP contribution is 2.31. The Kier molecular flexibility index (Phi) is 4.16. The van der Waals surface area contributed by atoms with Gasteiger partial charge in [-0.3, -0.25) is 4.79 Å². The molecular weight excluding hydrogens is 342 g/mol. The van der Waals surface area contributed by atoms with Crippen LogP contribution in [0.1, 0.15) is 22.3 Å². The second-order valence-electron chi connectivity index (χ2n) is 5.60. The number of aromatic nitrogens is 1. The van der Waals surface area contributed by atoms with Gasteiger partial charge >= 0.3 is 0 Å². The van der Waals surface area contributed by atoms with Crippen LogP contribution in [-0.4, -0.2) is 31.5 Å². The fourth-order valence-electron chi connectivity index (χ4n) is 2.84. The van der Waals surface area contributed by atoms with E-state index in [1.165, 1.54) is 5.56 Å². The average molecular weight is 360 g/mol. The van der Waals surface area contributed by atoms with Crippen LogP contribution in [0.4, 0.5) is 11.5 Å². The molecule has 0 N–H and O–H groups in total. The van der Waals surface area contributed by atoms with Crippen LogP contribution in [0.15, 0.2) is 41.0 Å². The molecule has 0 atom stereocenters. The number of halogens is 1. The summed E-state index contributed by atoms with van der Waals surface area (Å²) < 4.78 is 1.05. The van der Waals surface area contributed by atoms with Gasteiger partial charge in [0.1, 0.15) is 5.82 Å². The van der Waals surface area contributed by atoms with Crippen molar-refractivity contribution >= 4 is 33.3 Å². The largest absolute Gasteiger partial charge is 0.362 e. The minimum Gasteiger partial charge on any atom is -0.362 e. The lowest BCUT2D eigenvalue weighted by Crippen LogP contribution is -2.36. The van der Waals surface area contributed by atoms with Crippen molar-refractivity contribution in [1.82, 2.24) is 4.98 Å². The Labute approximate surface area is 138 Å². The third kappa shape index (κ3) is 2.73. The molecule has 0 spiro atoms. The summed E-state index contributed by atoms with van der Waals surface area (Å²) in [6.45, 7) is 0.745. The SMILES string of the molecule is CN(C)c1ncccc1C(=O)N1CCCc2cc(Br)ccc21. The van der Waals surface area contributed by atoms with Crippen LogP contribution in [0.3, 0.4) is 0 Å². The van der Waals surface area contributed by atoms with E-state index in [4.69, 9.17) is 0 Å². The predicted octanol–water partition coefficient (Wildman–Crippen LogP) is 3.50. The Bertz CT molecular complexity index is 715. The molecule has 5 heteroatoms. The normalized spacial score (nSPS) is 13.7. The Morgan fingerprint density at radius 1 is 1.32 bits per heavy atom. The van der Waals surface area contributed by atoms with Crippen LogP contribution in [0.5, 0.6) is 0 Å². The monoisotopic (exact) mass is 359 g/mol. The van der Waals surface area contributed by atoms with Crippen LogP contribution in [-0.2, 0) is 6.42 Å². The van der Waals surface area contributed by atoms with Gasteiger partial charge in [0.2, 0.25) is 0 Å². The predicted molar refractivity (Wildman–Crippen MR) is 92.7 cm³/mol. The standard InChI is InChI=1S/C17H18BrN3O/c1-20(2)16-14(6-3-9-19-16)17(22)21-10-4-5-12-11-13(18)7-8-15(12)21/h3,6-9,11H,4-5,10H2,1-2H3. The number of carbonyl (C=O) groups is 1. The highest BCUT2D eigenvalue weighted by atomic mass is 79.9. The zero-order valence-corrected chi connectivity index (χ0v) is 14.3. The number of carbonyl (C=O) groups excluding carboxylic acids is 1. The maximum atomic E-state index is 13.0. The van der Waals surface area contributed by atoms with E-state index in [2.05, 4.69) is 27.0 Å². The van der Waals surface area contributed by atoms with E-state index in [1.54, 1.807) is 6.20 Å². The molecule has 0 saturated carbocycles. The van der Waals surface area contributed by atoms with Gasteiger partial charge in [-0.1, -0.05) is 15.9 Å². The summed E-state index contributed by atoms with van der Waals surface area (Å²) >= 11 is 3.50. The van der Waals surface area contributed by atoms with Gasteiger partial charge in [0.05, 0.1) is 5.56 Å². The first kappa shape index (κ1) is 15.0. The fraction of sp³-hybridized carbons (Fsp3) is 0.294. The van der Waals surface area contributed by atoms with Gasteiger partial charge in [0.25, 0.3) is 5.91 Å². The first-order valence-electron chi connectivity index (χ1n) is 7.30. The smallest absolute Gasteiger partial charge is 0.262 e. The molecule has 0 aliphatic carbocycles. The number of hydrogen-bond donors (Lipinski definition) is 0. The topological polar surface area (TPSA) is 36.4 Å². The van der Waals surface area contributed by atoms with E-state index in [-0.39, 0.29) is 5.91 Å². The molecule has 2 aromatic rings. The van der Waals surface area contributed by atoms with E-state index in [9.17, 15) is 4.79 Å². The van der Waals surface area contributed by atoms with Gasteiger partial charge in [-0.05, 0) is 48.7 Å². The molecule has 0 radical (unpaired) electrons. The van der Waals surface area contributed by atoms with E-state index >= 15 is 0 Å². The molecule has 0 fully saturated rings. The van der Waals surface area contributed by atoms with Gasteiger partial charge in [0.15, 0.2) is 0 Å². The molecular formula is C17H18BrN3O. The van der Waals surface area contributed by atoms with Gasteiger partial charge in [-0.25, -0.2) is 4.98 Å². The number of nitrogens with zero attached hydrogens (tertiary/aromatic N) is 3. The van der Waals surface area contributed by atoms with Crippen molar-refractivity contribution < 1.29 is 4.79 Å². The van der Waals surface area contributed by atoms with Crippen molar-refractivity contribution in [3.05, 3.63) is 52.1 Å². The van der Waals surface area contributed by atoms with Crippen LogP contribution in [0, 0.1) is 0 Å². The minimum atomic E-state index is 0.0140. The maximum absolute atomic E-state index is 13.0. The molecule has 1 aliphatic heterocycles. The molecule has 0 bridgehead atoms. The second kappa shape index (κ2) is 6.08. The van der Waals surface area contributed by atoms with Crippen LogP contribution in [0.2, 0.25) is 0 Å². The average Bonchev–Trinajstić information content (AvgIpc) is 2.53. The van der Waals surface area contributed by atoms with Crippen LogP contribution < -0.4 is 9.80 Å².